The van der Waals surface area contributed by atoms with Crippen molar-refractivity contribution in [3.8, 4) is 0 Å². The number of alkyl halides is 3. The molecule has 0 saturated carbocycles. The second-order valence-corrected chi connectivity index (χ2v) is 2.30. The Morgan fingerprint density at radius 2 is 1.93 bits per heavy atom. The lowest BCUT2D eigenvalue weighted by molar-refractivity contribution is -0.141. The van der Waals surface area contributed by atoms with Gasteiger partial charge in [0.15, 0.2) is 0 Å². The zero-order chi connectivity index (χ0) is 11.1. The van der Waals surface area contributed by atoms with Gasteiger partial charge in [-0.2, -0.15) is 13.2 Å². The molecular weight excluding hydrogens is 211 g/mol. The fraction of sp³-hybridized carbons (Fsp3) is 0.125. The van der Waals surface area contributed by atoms with E-state index in [4.69, 9.17) is 0 Å². The van der Waals surface area contributed by atoms with Crippen LogP contribution in [-0.2, 0) is 6.18 Å². The van der Waals surface area contributed by atoms with E-state index in [1.54, 1.807) is 0 Å². The Bertz CT molecular complexity index is 343. The second kappa shape index (κ2) is 5.08. The highest BCUT2D eigenvalue weighted by Crippen LogP contribution is 2.26. The molecule has 0 spiro atoms. The molecule has 0 fully saturated rings. The van der Waals surface area contributed by atoms with Crippen molar-refractivity contribution in [2.45, 2.75) is 6.18 Å². The summed E-state index contributed by atoms with van der Waals surface area (Å²) >= 11 is 0. The number of hydrogen-bond donors (Lipinski definition) is 0. The van der Waals surface area contributed by atoms with Crippen LogP contribution in [0.15, 0.2) is 41.4 Å². The van der Waals surface area contributed by atoms with Crippen LogP contribution >= 0.6 is 0 Å². The number of hydrogen-bond acceptors (Lipinski definition) is 4. The van der Waals surface area contributed by atoms with Crippen molar-refractivity contribution in [2.75, 3.05) is 0 Å². The van der Waals surface area contributed by atoms with Crippen molar-refractivity contribution in [3.05, 3.63) is 42.5 Å². The molecule has 0 amide bonds. The molecule has 2 aromatic heterocycles. The molecule has 0 aliphatic carbocycles. The van der Waals surface area contributed by atoms with Crippen LogP contribution in [0.4, 0.5) is 13.2 Å². The van der Waals surface area contributed by atoms with Gasteiger partial charge < -0.3 is 4.52 Å². The molecular formula is C8H6F3N3O. The third kappa shape index (κ3) is 4.21. The van der Waals surface area contributed by atoms with Gasteiger partial charge in [-0.05, 0) is 12.1 Å². The maximum atomic E-state index is 11.7. The van der Waals surface area contributed by atoms with Crippen LogP contribution in [0.1, 0.15) is 5.69 Å². The topological polar surface area (TPSA) is 51.8 Å². The lowest BCUT2D eigenvalue weighted by Gasteiger charge is -2.02. The Morgan fingerprint density at radius 3 is 2.20 bits per heavy atom. The van der Waals surface area contributed by atoms with Gasteiger partial charge >= 0.3 is 6.18 Å². The third-order valence-corrected chi connectivity index (χ3v) is 1.24. The van der Waals surface area contributed by atoms with Gasteiger partial charge in [0, 0.05) is 11.5 Å². The van der Waals surface area contributed by atoms with E-state index in [9.17, 15) is 13.2 Å². The summed E-state index contributed by atoms with van der Waals surface area (Å²) in [6.07, 6.45) is -0.329. The first-order valence-corrected chi connectivity index (χ1v) is 3.80. The Labute approximate surface area is 82.7 Å². The molecule has 2 rings (SSSR count). The van der Waals surface area contributed by atoms with Crippen molar-refractivity contribution < 1.29 is 17.7 Å². The fourth-order valence-corrected chi connectivity index (χ4v) is 0.667. The van der Waals surface area contributed by atoms with Crippen LogP contribution in [0, 0.1) is 0 Å². The van der Waals surface area contributed by atoms with Gasteiger partial charge in [-0.3, -0.25) is 4.98 Å². The van der Waals surface area contributed by atoms with E-state index in [-0.39, 0.29) is 0 Å². The van der Waals surface area contributed by atoms with Gasteiger partial charge in [-0.25, -0.2) is 0 Å². The average Bonchev–Trinajstić information content (AvgIpc) is 2.76. The maximum Gasteiger partial charge on any atom is 0.433 e. The van der Waals surface area contributed by atoms with Crippen LogP contribution in [0.5, 0.6) is 0 Å². The van der Waals surface area contributed by atoms with E-state index in [2.05, 4.69) is 19.9 Å². The number of pyridine rings is 1. The SMILES string of the molecule is FC(F)(F)c1ccccn1.c1conn1. The van der Waals surface area contributed by atoms with Gasteiger partial charge in [0.05, 0.1) is 6.20 Å². The molecule has 0 atom stereocenters. The highest BCUT2D eigenvalue weighted by Gasteiger charge is 2.31. The number of nitrogens with zero attached hydrogens (tertiary/aromatic N) is 3. The molecule has 4 nitrogen and oxygen atoms in total. The molecule has 0 bridgehead atoms. The van der Waals surface area contributed by atoms with E-state index >= 15 is 0 Å². The summed E-state index contributed by atoms with van der Waals surface area (Å²) in [5, 5.41) is 6.40. The first-order chi connectivity index (χ1) is 7.11. The predicted molar refractivity (Wildman–Crippen MR) is 43.5 cm³/mol. The van der Waals surface area contributed by atoms with Crippen LogP contribution < -0.4 is 0 Å². The van der Waals surface area contributed by atoms with Crippen LogP contribution in [-0.4, -0.2) is 15.4 Å². The summed E-state index contributed by atoms with van der Waals surface area (Å²) in [4.78, 5) is 3.12. The average molecular weight is 217 g/mol. The lowest BCUT2D eigenvalue weighted by atomic mass is 10.3. The van der Waals surface area contributed by atoms with Crippen molar-refractivity contribution in [3.63, 3.8) is 0 Å². The molecule has 0 saturated heterocycles. The lowest BCUT2D eigenvalue weighted by Crippen LogP contribution is -2.06. The van der Waals surface area contributed by atoms with Crippen LogP contribution in [0.3, 0.4) is 0 Å². The minimum absolute atomic E-state index is 0.852. The number of aromatic nitrogens is 3. The van der Waals surface area contributed by atoms with E-state index in [0.717, 1.165) is 12.3 Å². The number of halogens is 3. The summed E-state index contributed by atoms with van der Waals surface area (Å²) in [6, 6.07) is 3.67. The molecule has 0 aliphatic heterocycles. The minimum atomic E-state index is -4.32. The Kier molecular flexibility index (Phi) is 3.78. The molecule has 0 aliphatic rings. The Hall–Kier alpha value is -1.92. The predicted octanol–water partition coefficient (Wildman–Crippen LogP) is 2.17. The van der Waals surface area contributed by atoms with Gasteiger partial charge in [0.25, 0.3) is 0 Å². The zero-order valence-electron chi connectivity index (χ0n) is 7.35. The molecule has 0 unspecified atom stereocenters. The fourth-order valence-electron chi connectivity index (χ4n) is 0.667. The molecule has 7 heteroatoms. The van der Waals surface area contributed by atoms with Crippen molar-refractivity contribution >= 4 is 0 Å². The molecule has 80 valence electrons. The molecule has 0 radical (unpaired) electrons. The van der Waals surface area contributed by atoms with Gasteiger partial charge in [0.1, 0.15) is 12.0 Å². The first kappa shape index (κ1) is 11.2. The van der Waals surface area contributed by atoms with E-state index in [1.165, 1.54) is 24.6 Å². The summed E-state index contributed by atoms with van der Waals surface area (Å²) < 4.78 is 39.4. The van der Waals surface area contributed by atoms with E-state index in [1.807, 2.05) is 0 Å². The highest BCUT2D eigenvalue weighted by atomic mass is 19.4. The van der Waals surface area contributed by atoms with Crippen molar-refractivity contribution in [1.29, 1.82) is 0 Å². The highest BCUT2D eigenvalue weighted by molar-refractivity contribution is 5.06. The third-order valence-electron chi connectivity index (χ3n) is 1.24. The van der Waals surface area contributed by atoms with Crippen molar-refractivity contribution in [1.82, 2.24) is 15.4 Å². The number of rotatable bonds is 0. The van der Waals surface area contributed by atoms with Gasteiger partial charge in [-0.1, -0.05) is 6.07 Å². The monoisotopic (exact) mass is 217 g/mol. The first-order valence-electron chi connectivity index (χ1n) is 3.80. The smallest absolute Gasteiger partial charge is 0.346 e. The van der Waals surface area contributed by atoms with Crippen molar-refractivity contribution in [2.24, 2.45) is 0 Å². The van der Waals surface area contributed by atoms with E-state index in [0.29, 0.717) is 0 Å². The molecule has 0 aromatic carbocycles. The van der Waals surface area contributed by atoms with Gasteiger partial charge in [-0.15, -0.1) is 5.10 Å². The summed E-state index contributed by atoms with van der Waals surface area (Å²) in [5.41, 5.74) is -0.852. The quantitative estimate of drug-likeness (QED) is 0.678. The Morgan fingerprint density at radius 1 is 1.13 bits per heavy atom. The molecule has 0 N–H and O–H groups in total. The normalized spacial score (nSPS) is 10.3. The summed E-state index contributed by atoms with van der Waals surface area (Å²) in [7, 11) is 0. The Balaban J connectivity index is 0.000000187. The van der Waals surface area contributed by atoms with E-state index < -0.39 is 11.9 Å². The molecule has 15 heavy (non-hydrogen) atoms. The molecule has 2 heterocycles. The molecule has 2 aromatic rings. The van der Waals surface area contributed by atoms with Crippen LogP contribution in [0.2, 0.25) is 0 Å². The second-order valence-electron chi connectivity index (χ2n) is 2.30. The minimum Gasteiger partial charge on any atom is -0.346 e. The summed E-state index contributed by atoms with van der Waals surface area (Å²) in [5.74, 6) is 0. The van der Waals surface area contributed by atoms with Crippen LogP contribution in [0.25, 0.3) is 0 Å². The maximum absolute atomic E-state index is 11.7. The zero-order valence-corrected chi connectivity index (χ0v) is 7.35. The summed E-state index contributed by atoms with van der Waals surface area (Å²) in [6.45, 7) is 0. The standard InChI is InChI=1S/C6H4F3N.C2H2N2O/c7-6(8,9)5-3-1-2-4-10-5;1-2-5-4-3-1/h1-4H;1-2H. The largest absolute Gasteiger partial charge is 0.433 e. The van der Waals surface area contributed by atoms with Gasteiger partial charge in [0.2, 0.25) is 0 Å².